The molecule has 2 heteroatoms. The van der Waals surface area contributed by atoms with Gasteiger partial charge in [-0.3, -0.25) is 0 Å². The van der Waals surface area contributed by atoms with Crippen LogP contribution in [-0.2, 0) is 9.47 Å². The second kappa shape index (κ2) is 2.47. The topological polar surface area (TPSA) is 18.5 Å². The largest absolute Gasteiger partial charge is 0.355 e. The van der Waals surface area contributed by atoms with E-state index < -0.39 is 0 Å². The van der Waals surface area contributed by atoms with Crippen LogP contribution in [0.15, 0.2) is 24.3 Å². The van der Waals surface area contributed by atoms with Crippen LogP contribution in [0.5, 0.6) is 0 Å². The molecule has 1 aliphatic carbocycles. The SMILES string of the molecule is CC12C=CC=CC1COCO2. The van der Waals surface area contributed by atoms with Crippen LogP contribution in [0.1, 0.15) is 6.92 Å². The van der Waals surface area contributed by atoms with Gasteiger partial charge < -0.3 is 9.47 Å². The van der Waals surface area contributed by atoms with Crippen molar-refractivity contribution in [2.45, 2.75) is 12.5 Å². The van der Waals surface area contributed by atoms with Crippen molar-refractivity contribution in [3.63, 3.8) is 0 Å². The van der Waals surface area contributed by atoms with E-state index in [0.717, 1.165) is 6.61 Å². The molecule has 1 heterocycles. The Morgan fingerprint density at radius 1 is 1.45 bits per heavy atom. The molecule has 11 heavy (non-hydrogen) atoms. The first-order chi connectivity index (χ1) is 5.31. The van der Waals surface area contributed by atoms with Crippen molar-refractivity contribution in [3.05, 3.63) is 24.3 Å². The van der Waals surface area contributed by atoms with E-state index in [1.54, 1.807) is 0 Å². The Morgan fingerprint density at radius 2 is 2.36 bits per heavy atom. The molecule has 2 atom stereocenters. The van der Waals surface area contributed by atoms with E-state index in [-0.39, 0.29) is 5.60 Å². The van der Waals surface area contributed by atoms with Crippen molar-refractivity contribution < 1.29 is 9.47 Å². The van der Waals surface area contributed by atoms with E-state index in [1.165, 1.54) is 0 Å². The Balaban J connectivity index is 2.22. The fourth-order valence-corrected chi connectivity index (χ4v) is 1.48. The first kappa shape index (κ1) is 7.07. The molecule has 2 rings (SSSR count). The van der Waals surface area contributed by atoms with Gasteiger partial charge in [-0.15, -0.1) is 0 Å². The monoisotopic (exact) mass is 152 g/mol. The predicted molar refractivity (Wildman–Crippen MR) is 42.1 cm³/mol. The van der Waals surface area contributed by atoms with Gasteiger partial charge in [0.25, 0.3) is 0 Å². The Morgan fingerprint density at radius 3 is 3.18 bits per heavy atom. The Bertz CT molecular complexity index is 208. The maximum Gasteiger partial charge on any atom is 0.147 e. The van der Waals surface area contributed by atoms with Crippen LogP contribution in [0.25, 0.3) is 0 Å². The summed E-state index contributed by atoms with van der Waals surface area (Å²) in [6.45, 7) is 3.29. The summed E-state index contributed by atoms with van der Waals surface area (Å²) in [6.07, 6.45) is 8.31. The van der Waals surface area contributed by atoms with E-state index in [0.29, 0.717) is 12.7 Å². The molecule has 1 fully saturated rings. The zero-order valence-electron chi connectivity index (χ0n) is 6.62. The van der Waals surface area contributed by atoms with Gasteiger partial charge in [0.05, 0.1) is 12.2 Å². The fraction of sp³-hybridized carbons (Fsp3) is 0.556. The maximum absolute atomic E-state index is 5.51. The lowest BCUT2D eigenvalue weighted by atomic mass is 9.85. The lowest BCUT2D eigenvalue weighted by molar-refractivity contribution is -0.187. The molecule has 0 aromatic rings. The highest BCUT2D eigenvalue weighted by molar-refractivity contribution is 5.21. The average molecular weight is 152 g/mol. The molecule has 0 N–H and O–H groups in total. The van der Waals surface area contributed by atoms with Crippen LogP contribution in [0.3, 0.4) is 0 Å². The standard InChI is InChI=1S/C9H12O2/c1-9-5-3-2-4-8(9)6-10-7-11-9/h2-5,8H,6-7H2,1H3. The van der Waals surface area contributed by atoms with Crippen molar-refractivity contribution >= 4 is 0 Å². The number of hydrogen-bond donors (Lipinski definition) is 0. The Hall–Kier alpha value is -0.600. The smallest absolute Gasteiger partial charge is 0.147 e. The van der Waals surface area contributed by atoms with Crippen molar-refractivity contribution in [2.75, 3.05) is 13.4 Å². The van der Waals surface area contributed by atoms with Gasteiger partial charge in [0, 0.05) is 5.92 Å². The number of fused-ring (bicyclic) bond motifs is 1. The third-order valence-corrected chi connectivity index (χ3v) is 2.37. The van der Waals surface area contributed by atoms with Gasteiger partial charge in [-0.2, -0.15) is 0 Å². The summed E-state index contributed by atoms with van der Waals surface area (Å²) in [6, 6.07) is 0. The maximum atomic E-state index is 5.51. The summed E-state index contributed by atoms with van der Waals surface area (Å²) >= 11 is 0. The summed E-state index contributed by atoms with van der Waals surface area (Å²) in [7, 11) is 0. The van der Waals surface area contributed by atoms with Gasteiger partial charge in [0.2, 0.25) is 0 Å². The lowest BCUT2D eigenvalue weighted by Gasteiger charge is -2.38. The molecule has 60 valence electrons. The number of hydrogen-bond acceptors (Lipinski definition) is 2. The molecule has 0 radical (unpaired) electrons. The van der Waals surface area contributed by atoms with Crippen molar-refractivity contribution in [1.82, 2.24) is 0 Å². The molecule has 0 aromatic heterocycles. The number of allylic oxidation sites excluding steroid dienone is 2. The normalized spacial score (nSPS) is 42.1. The number of ether oxygens (including phenoxy) is 2. The summed E-state index contributed by atoms with van der Waals surface area (Å²) in [4.78, 5) is 0. The Labute approximate surface area is 66.5 Å². The van der Waals surface area contributed by atoms with Gasteiger partial charge in [0.1, 0.15) is 6.79 Å². The van der Waals surface area contributed by atoms with E-state index in [2.05, 4.69) is 19.1 Å². The summed E-state index contributed by atoms with van der Waals surface area (Å²) in [5.41, 5.74) is -0.118. The molecule has 1 aliphatic heterocycles. The third-order valence-electron chi connectivity index (χ3n) is 2.37. The van der Waals surface area contributed by atoms with Crippen LogP contribution < -0.4 is 0 Å². The molecule has 0 saturated carbocycles. The van der Waals surface area contributed by atoms with Gasteiger partial charge in [-0.25, -0.2) is 0 Å². The second-order valence-corrected chi connectivity index (χ2v) is 3.17. The molecule has 0 bridgehead atoms. The fourth-order valence-electron chi connectivity index (χ4n) is 1.48. The first-order valence-electron chi connectivity index (χ1n) is 3.89. The highest BCUT2D eigenvalue weighted by Gasteiger charge is 2.35. The van der Waals surface area contributed by atoms with Crippen LogP contribution >= 0.6 is 0 Å². The van der Waals surface area contributed by atoms with Crippen LogP contribution in [-0.4, -0.2) is 19.0 Å². The second-order valence-electron chi connectivity index (χ2n) is 3.17. The van der Waals surface area contributed by atoms with Crippen LogP contribution in [0, 0.1) is 5.92 Å². The van der Waals surface area contributed by atoms with Gasteiger partial charge in [-0.05, 0) is 6.92 Å². The van der Waals surface area contributed by atoms with Crippen molar-refractivity contribution in [2.24, 2.45) is 5.92 Å². The lowest BCUT2D eigenvalue weighted by Crippen LogP contribution is -2.43. The van der Waals surface area contributed by atoms with Crippen molar-refractivity contribution in [1.29, 1.82) is 0 Å². The molecule has 2 nitrogen and oxygen atoms in total. The van der Waals surface area contributed by atoms with Gasteiger partial charge in [-0.1, -0.05) is 24.3 Å². The minimum atomic E-state index is -0.118. The van der Waals surface area contributed by atoms with Gasteiger partial charge >= 0.3 is 0 Å². The molecule has 0 spiro atoms. The van der Waals surface area contributed by atoms with E-state index in [1.807, 2.05) is 12.2 Å². The zero-order valence-corrected chi connectivity index (χ0v) is 6.62. The molecular formula is C9H12O2. The first-order valence-corrected chi connectivity index (χ1v) is 3.89. The highest BCUT2D eigenvalue weighted by Crippen LogP contribution is 2.31. The van der Waals surface area contributed by atoms with Crippen LogP contribution in [0.2, 0.25) is 0 Å². The van der Waals surface area contributed by atoms with E-state index in [4.69, 9.17) is 9.47 Å². The molecular weight excluding hydrogens is 140 g/mol. The van der Waals surface area contributed by atoms with Crippen LogP contribution in [0.4, 0.5) is 0 Å². The average Bonchev–Trinajstić information content (AvgIpc) is 2.03. The van der Waals surface area contributed by atoms with Gasteiger partial charge in [0.15, 0.2) is 0 Å². The predicted octanol–water partition coefficient (Wildman–Crippen LogP) is 1.49. The molecule has 0 aromatic carbocycles. The highest BCUT2D eigenvalue weighted by atomic mass is 16.7. The summed E-state index contributed by atoms with van der Waals surface area (Å²) in [5.74, 6) is 0.390. The van der Waals surface area contributed by atoms with Crippen molar-refractivity contribution in [3.8, 4) is 0 Å². The zero-order chi connectivity index (χ0) is 7.73. The minimum Gasteiger partial charge on any atom is -0.355 e. The Kier molecular flexibility index (Phi) is 1.59. The van der Waals surface area contributed by atoms with E-state index in [9.17, 15) is 0 Å². The minimum absolute atomic E-state index is 0.118. The molecule has 1 saturated heterocycles. The quantitative estimate of drug-likeness (QED) is 0.523. The molecule has 2 unspecified atom stereocenters. The molecule has 0 amide bonds. The number of rotatable bonds is 0. The molecule has 2 aliphatic rings. The summed E-state index contributed by atoms with van der Waals surface area (Å²) < 4.78 is 10.7. The summed E-state index contributed by atoms with van der Waals surface area (Å²) in [5, 5.41) is 0. The van der Waals surface area contributed by atoms with E-state index >= 15 is 0 Å². The third kappa shape index (κ3) is 1.12.